The van der Waals surface area contributed by atoms with Crippen molar-refractivity contribution in [3.8, 4) is 11.3 Å². The molecule has 2 aromatic heterocycles. The van der Waals surface area contributed by atoms with Crippen LogP contribution < -0.4 is 5.56 Å². The van der Waals surface area contributed by atoms with E-state index in [-0.39, 0.29) is 48.5 Å². The van der Waals surface area contributed by atoms with E-state index in [0.717, 1.165) is 11.1 Å². The number of nitrogens with one attached hydrogen (secondary N) is 1. The van der Waals surface area contributed by atoms with Gasteiger partial charge in [-0.2, -0.15) is 9.40 Å². The summed E-state index contributed by atoms with van der Waals surface area (Å²) >= 11 is 6.02. The van der Waals surface area contributed by atoms with Gasteiger partial charge in [0.25, 0.3) is 15.6 Å². The van der Waals surface area contributed by atoms with Gasteiger partial charge < -0.3 is 14.8 Å². The molecule has 1 fully saturated rings. The van der Waals surface area contributed by atoms with E-state index in [9.17, 15) is 18.0 Å². The van der Waals surface area contributed by atoms with Crippen LogP contribution >= 0.6 is 24.0 Å². The molecule has 0 atom stereocenters. The van der Waals surface area contributed by atoms with Crippen molar-refractivity contribution in [2.75, 3.05) is 40.3 Å². The fraction of sp³-hybridized carbons (Fsp3) is 0.296. The number of aromatic nitrogens is 3. The Balaban J connectivity index is 0.00000370. The van der Waals surface area contributed by atoms with Crippen molar-refractivity contribution in [3.05, 3.63) is 81.6 Å². The van der Waals surface area contributed by atoms with E-state index in [1.165, 1.54) is 21.1 Å². The Hall–Kier alpha value is -3.22. The second kappa shape index (κ2) is 12.1. The number of carbonyl (C=O) groups excluding carboxylic acids is 1. The number of fused-ring (bicyclic) bond motifs is 1. The van der Waals surface area contributed by atoms with E-state index in [1.807, 2.05) is 43.3 Å². The molecule has 0 unspecified atom stereocenters. The zero-order valence-corrected chi connectivity index (χ0v) is 24.5. The molecule has 4 aromatic rings. The number of H-pyrrole nitrogens is 1. The number of sulfonamides is 1. The van der Waals surface area contributed by atoms with Crippen LogP contribution in [-0.4, -0.2) is 83.5 Å². The zero-order valence-electron chi connectivity index (χ0n) is 22.1. The van der Waals surface area contributed by atoms with Crippen molar-refractivity contribution in [2.24, 2.45) is 0 Å². The molecular weight excluding hydrogens is 575 g/mol. The standard InChI is InChI=1S/C27H29ClN6O4S.ClH/c1-31(2)11-14-34-26(35)10-9-24(30-34)20-5-3-19(4-6-20)17-32-12-13-33(18-27(32)36)39(37,38)25-16-21-15-22(28)7-8-23(21)29-25;/h3-10,15-16,29H,11-14,17-18H2,1-2H3;1H. The van der Waals surface area contributed by atoms with Crippen LogP contribution in [0.1, 0.15) is 5.56 Å². The van der Waals surface area contributed by atoms with Crippen LogP contribution in [-0.2, 0) is 27.9 Å². The molecule has 1 saturated heterocycles. The highest BCUT2D eigenvalue weighted by Gasteiger charge is 2.33. The summed E-state index contributed by atoms with van der Waals surface area (Å²) in [5.41, 5.74) is 2.98. The fourth-order valence-electron chi connectivity index (χ4n) is 4.47. The van der Waals surface area contributed by atoms with Gasteiger partial charge in [-0.15, -0.1) is 12.4 Å². The monoisotopic (exact) mass is 604 g/mol. The number of benzene rings is 2. The molecule has 0 saturated carbocycles. The number of rotatable bonds is 8. The number of likely N-dealkylation sites (N-methyl/N-ethyl adjacent to an activating group) is 1. The van der Waals surface area contributed by atoms with Gasteiger partial charge in [0.15, 0.2) is 0 Å². The van der Waals surface area contributed by atoms with E-state index in [0.29, 0.717) is 41.3 Å². The minimum atomic E-state index is -3.86. The first-order valence-electron chi connectivity index (χ1n) is 12.5. The molecule has 0 aliphatic carbocycles. The lowest BCUT2D eigenvalue weighted by Crippen LogP contribution is -2.51. The fourth-order valence-corrected chi connectivity index (χ4v) is 6.05. The van der Waals surface area contributed by atoms with Crippen LogP contribution in [0.3, 0.4) is 0 Å². The average Bonchev–Trinajstić information content (AvgIpc) is 3.34. The second-order valence-electron chi connectivity index (χ2n) is 9.80. The maximum atomic E-state index is 13.2. The molecule has 40 heavy (non-hydrogen) atoms. The lowest BCUT2D eigenvalue weighted by atomic mass is 10.1. The molecule has 13 heteroatoms. The molecule has 1 aliphatic rings. The van der Waals surface area contributed by atoms with Crippen molar-refractivity contribution in [1.82, 2.24) is 28.9 Å². The van der Waals surface area contributed by atoms with Gasteiger partial charge in [0.2, 0.25) is 5.91 Å². The van der Waals surface area contributed by atoms with Gasteiger partial charge in [-0.05, 0) is 50.0 Å². The number of piperazine rings is 1. The lowest BCUT2D eigenvalue weighted by Gasteiger charge is -2.33. The highest BCUT2D eigenvalue weighted by atomic mass is 35.5. The maximum absolute atomic E-state index is 13.2. The van der Waals surface area contributed by atoms with Gasteiger partial charge in [0, 0.05) is 53.7 Å². The van der Waals surface area contributed by atoms with Gasteiger partial charge in [-0.25, -0.2) is 13.1 Å². The van der Waals surface area contributed by atoms with Crippen molar-refractivity contribution in [2.45, 2.75) is 18.1 Å². The summed E-state index contributed by atoms with van der Waals surface area (Å²) in [4.78, 5) is 31.6. The number of hydrogen-bond acceptors (Lipinski definition) is 6. The van der Waals surface area contributed by atoms with Gasteiger partial charge in [-0.3, -0.25) is 9.59 Å². The summed E-state index contributed by atoms with van der Waals surface area (Å²) < 4.78 is 29.1. The largest absolute Gasteiger partial charge is 0.345 e. The Morgan fingerprint density at radius 1 is 1.00 bits per heavy atom. The zero-order chi connectivity index (χ0) is 27.7. The van der Waals surface area contributed by atoms with Crippen LogP contribution in [0.4, 0.5) is 0 Å². The summed E-state index contributed by atoms with van der Waals surface area (Å²) in [7, 11) is 0.0191. The van der Waals surface area contributed by atoms with Crippen molar-refractivity contribution in [1.29, 1.82) is 0 Å². The summed E-state index contributed by atoms with van der Waals surface area (Å²) in [6.07, 6.45) is 0. The van der Waals surface area contributed by atoms with E-state index >= 15 is 0 Å². The van der Waals surface area contributed by atoms with Crippen LogP contribution in [0.15, 0.2) is 70.5 Å². The minimum absolute atomic E-state index is 0. The number of hydrogen-bond donors (Lipinski definition) is 1. The van der Waals surface area contributed by atoms with E-state index in [1.54, 1.807) is 29.2 Å². The van der Waals surface area contributed by atoms with Crippen LogP contribution in [0.5, 0.6) is 0 Å². The molecule has 10 nitrogen and oxygen atoms in total. The molecule has 1 aliphatic heterocycles. The number of halogens is 2. The molecule has 1 N–H and O–H groups in total. The molecule has 3 heterocycles. The number of aromatic amines is 1. The number of amides is 1. The van der Waals surface area contributed by atoms with Crippen molar-refractivity contribution in [3.63, 3.8) is 0 Å². The first-order valence-corrected chi connectivity index (χ1v) is 14.3. The highest BCUT2D eigenvalue weighted by Crippen LogP contribution is 2.25. The van der Waals surface area contributed by atoms with E-state index < -0.39 is 10.0 Å². The van der Waals surface area contributed by atoms with Crippen LogP contribution in [0, 0.1) is 0 Å². The Kier molecular flexibility index (Phi) is 9.01. The summed E-state index contributed by atoms with van der Waals surface area (Å²) in [6, 6.07) is 17.5. The molecule has 0 spiro atoms. The van der Waals surface area contributed by atoms with Gasteiger partial charge >= 0.3 is 0 Å². The topological polar surface area (TPSA) is 112 Å². The van der Waals surface area contributed by atoms with Gasteiger partial charge in [0.1, 0.15) is 5.03 Å². The average molecular weight is 606 g/mol. The molecular formula is C27H30Cl2N6O4S. The predicted molar refractivity (Wildman–Crippen MR) is 157 cm³/mol. The summed E-state index contributed by atoms with van der Waals surface area (Å²) in [5.74, 6) is -0.261. The van der Waals surface area contributed by atoms with Gasteiger partial charge in [-0.1, -0.05) is 35.9 Å². The highest BCUT2D eigenvalue weighted by molar-refractivity contribution is 7.89. The van der Waals surface area contributed by atoms with Crippen LogP contribution in [0.25, 0.3) is 22.2 Å². The van der Waals surface area contributed by atoms with Crippen LogP contribution in [0.2, 0.25) is 5.02 Å². The van der Waals surface area contributed by atoms with E-state index in [4.69, 9.17) is 11.6 Å². The normalized spacial score (nSPS) is 14.6. The molecule has 1 amide bonds. The molecule has 212 valence electrons. The second-order valence-corrected chi connectivity index (χ2v) is 12.1. The Bertz CT molecular complexity index is 1690. The summed E-state index contributed by atoms with van der Waals surface area (Å²) in [5, 5.41) is 5.74. The van der Waals surface area contributed by atoms with Crippen molar-refractivity contribution < 1.29 is 13.2 Å². The smallest absolute Gasteiger partial charge is 0.266 e. The first kappa shape index (κ1) is 29.8. The number of carbonyl (C=O) groups is 1. The van der Waals surface area contributed by atoms with Crippen molar-refractivity contribution >= 4 is 50.8 Å². The van der Waals surface area contributed by atoms with Gasteiger partial charge in [0.05, 0.1) is 18.8 Å². The Labute approximate surface area is 243 Å². The molecule has 2 aromatic carbocycles. The third kappa shape index (κ3) is 6.39. The molecule has 0 radical (unpaired) electrons. The lowest BCUT2D eigenvalue weighted by molar-refractivity contribution is -0.134. The Morgan fingerprint density at radius 2 is 1.75 bits per heavy atom. The third-order valence-corrected chi connectivity index (χ3v) is 8.71. The maximum Gasteiger partial charge on any atom is 0.266 e. The predicted octanol–water partition coefficient (Wildman–Crippen LogP) is 3.06. The van der Waals surface area contributed by atoms with E-state index in [2.05, 4.69) is 10.1 Å². The quantitative estimate of drug-likeness (QED) is 0.331. The molecule has 0 bridgehead atoms. The minimum Gasteiger partial charge on any atom is -0.345 e. The number of nitrogens with zero attached hydrogens (tertiary/aromatic N) is 5. The third-order valence-electron chi connectivity index (χ3n) is 6.71. The Morgan fingerprint density at radius 3 is 2.45 bits per heavy atom. The SMILES string of the molecule is CN(C)CCn1nc(-c2ccc(CN3CCN(S(=O)(=O)c4cc5cc(Cl)ccc5[nH]4)CC3=O)cc2)ccc1=O.Cl. The first-order chi connectivity index (χ1) is 18.6. The summed E-state index contributed by atoms with van der Waals surface area (Å²) in [6.45, 7) is 1.82. The molecule has 5 rings (SSSR count).